The summed E-state index contributed by atoms with van der Waals surface area (Å²) in [4.78, 5) is 7.71. The molecular weight excluding hydrogens is 242 g/mol. The third-order valence-electron chi connectivity index (χ3n) is 1.61. The Labute approximate surface area is 83.5 Å². The number of rotatable bonds is 3. The minimum absolute atomic E-state index is 0.163. The first-order valence-corrected chi connectivity index (χ1v) is 5.00. The normalized spacial score (nSPS) is 10.8. The molecule has 13 heavy (non-hydrogen) atoms. The Bertz CT molecular complexity index is 291. The number of nitrogens with zero attached hydrogens (tertiary/aromatic N) is 2. The zero-order chi connectivity index (χ0) is 9.84. The van der Waals surface area contributed by atoms with Crippen LogP contribution in [0.2, 0.25) is 0 Å². The summed E-state index contributed by atoms with van der Waals surface area (Å²) in [6.45, 7) is 1.83. The van der Waals surface area contributed by atoms with Gasteiger partial charge in [0.15, 0.2) is 0 Å². The standard InChI is InChI=1S/C8H9BrF2N2/c1-2-6-12-4-5(3-9)7(13-6)8(10)11/h4,8H,2-3H2,1H3. The van der Waals surface area contributed by atoms with Gasteiger partial charge in [0.25, 0.3) is 6.43 Å². The molecule has 1 aromatic rings. The monoisotopic (exact) mass is 250 g/mol. The fraction of sp³-hybridized carbons (Fsp3) is 0.500. The number of hydrogen-bond donors (Lipinski definition) is 0. The fourth-order valence-electron chi connectivity index (χ4n) is 0.921. The summed E-state index contributed by atoms with van der Waals surface area (Å²) in [6, 6.07) is 0. The minimum Gasteiger partial charge on any atom is -0.241 e. The maximum absolute atomic E-state index is 12.4. The average Bonchev–Trinajstić information content (AvgIpc) is 2.16. The molecule has 5 heteroatoms. The lowest BCUT2D eigenvalue weighted by Crippen LogP contribution is -2.02. The van der Waals surface area contributed by atoms with Crippen LogP contribution in [0.3, 0.4) is 0 Å². The molecule has 1 rings (SSSR count). The number of hydrogen-bond acceptors (Lipinski definition) is 2. The Morgan fingerprint density at radius 3 is 2.69 bits per heavy atom. The topological polar surface area (TPSA) is 25.8 Å². The van der Waals surface area contributed by atoms with Gasteiger partial charge in [0.1, 0.15) is 11.5 Å². The molecule has 0 aliphatic heterocycles. The van der Waals surface area contributed by atoms with Crippen LogP contribution < -0.4 is 0 Å². The maximum atomic E-state index is 12.4. The van der Waals surface area contributed by atoms with Gasteiger partial charge in [-0.15, -0.1) is 0 Å². The smallest absolute Gasteiger partial charge is 0.241 e. The van der Waals surface area contributed by atoms with E-state index in [2.05, 4.69) is 25.9 Å². The number of alkyl halides is 3. The van der Waals surface area contributed by atoms with Crippen LogP contribution in [0.4, 0.5) is 8.78 Å². The first kappa shape index (κ1) is 10.5. The van der Waals surface area contributed by atoms with Crippen molar-refractivity contribution in [1.82, 2.24) is 9.97 Å². The van der Waals surface area contributed by atoms with Crippen molar-refractivity contribution in [3.63, 3.8) is 0 Å². The summed E-state index contributed by atoms with van der Waals surface area (Å²) in [6.07, 6.45) is -0.509. The van der Waals surface area contributed by atoms with Crippen molar-refractivity contribution >= 4 is 15.9 Å². The molecular formula is C8H9BrF2N2. The van der Waals surface area contributed by atoms with Gasteiger partial charge in [-0.3, -0.25) is 0 Å². The van der Waals surface area contributed by atoms with Crippen molar-refractivity contribution in [3.8, 4) is 0 Å². The van der Waals surface area contributed by atoms with Gasteiger partial charge in [-0.25, -0.2) is 18.7 Å². The highest BCUT2D eigenvalue weighted by Gasteiger charge is 2.14. The summed E-state index contributed by atoms with van der Waals surface area (Å²) in [7, 11) is 0. The van der Waals surface area contributed by atoms with Crippen molar-refractivity contribution in [1.29, 1.82) is 0 Å². The molecule has 0 saturated heterocycles. The summed E-state index contributed by atoms with van der Waals surface area (Å²) >= 11 is 3.11. The Balaban J connectivity index is 3.10. The predicted octanol–water partition coefficient (Wildman–Crippen LogP) is 2.87. The van der Waals surface area contributed by atoms with Gasteiger partial charge >= 0.3 is 0 Å². The molecule has 0 fully saturated rings. The van der Waals surface area contributed by atoms with Crippen molar-refractivity contribution in [2.45, 2.75) is 25.1 Å². The third kappa shape index (κ3) is 2.43. The van der Waals surface area contributed by atoms with E-state index in [1.807, 2.05) is 6.92 Å². The SMILES string of the molecule is CCc1ncc(CBr)c(C(F)F)n1. The lowest BCUT2D eigenvalue weighted by molar-refractivity contribution is 0.144. The van der Waals surface area contributed by atoms with Crippen LogP contribution in [-0.2, 0) is 11.8 Å². The van der Waals surface area contributed by atoms with Crippen molar-refractivity contribution in [2.24, 2.45) is 0 Å². The van der Waals surface area contributed by atoms with Gasteiger partial charge < -0.3 is 0 Å². The molecule has 0 N–H and O–H groups in total. The zero-order valence-corrected chi connectivity index (χ0v) is 8.68. The van der Waals surface area contributed by atoms with E-state index in [9.17, 15) is 8.78 Å². The summed E-state index contributed by atoms with van der Waals surface area (Å²) in [5.41, 5.74) is 0.288. The Morgan fingerprint density at radius 1 is 1.54 bits per heavy atom. The van der Waals surface area contributed by atoms with Gasteiger partial charge in [0.05, 0.1) is 0 Å². The molecule has 1 aromatic heterocycles. The van der Waals surface area contributed by atoms with E-state index in [0.29, 0.717) is 23.1 Å². The number of aryl methyl sites for hydroxylation is 1. The summed E-state index contributed by atoms with van der Waals surface area (Å²) in [5.74, 6) is 0.458. The third-order valence-corrected chi connectivity index (χ3v) is 2.22. The second-order valence-electron chi connectivity index (χ2n) is 2.48. The number of halogens is 3. The molecule has 0 amide bonds. The molecule has 1 heterocycles. The molecule has 0 unspecified atom stereocenters. The molecule has 0 radical (unpaired) electrons. The highest BCUT2D eigenvalue weighted by molar-refractivity contribution is 9.08. The molecule has 0 aromatic carbocycles. The van der Waals surface area contributed by atoms with Gasteiger partial charge in [0, 0.05) is 23.5 Å². The predicted molar refractivity (Wildman–Crippen MR) is 49.0 cm³/mol. The van der Waals surface area contributed by atoms with E-state index in [0.717, 1.165) is 0 Å². The molecule has 2 nitrogen and oxygen atoms in total. The zero-order valence-electron chi connectivity index (χ0n) is 7.10. The fourth-order valence-corrected chi connectivity index (χ4v) is 1.35. The van der Waals surface area contributed by atoms with Gasteiger partial charge in [-0.2, -0.15) is 0 Å². The molecule has 0 bridgehead atoms. The van der Waals surface area contributed by atoms with E-state index in [1.54, 1.807) is 0 Å². The summed E-state index contributed by atoms with van der Waals surface area (Å²) in [5, 5.41) is 0.358. The first-order valence-electron chi connectivity index (χ1n) is 3.87. The van der Waals surface area contributed by atoms with Crippen LogP contribution in [0.15, 0.2) is 6.20 Å². The van der Waals surface area contributed by atoms with Gasteiger partial charge in [-0.05, 0) is 0 Å². The van der Waals surface area contributed by atoms with E-state index in [1.165, 1.54) is 6.20 Å². The second kappa shape index (κ2) is 4.60. The van der Waals surface area contributed by atoms with Crippen molar-refractivity contribution < 1.29 is 8.78 Å². The van der Waals surface area contributed by atoms with Crippen LogP contribution in [0.5, 0.6) is 0 Å². The first-order chi connectivity index (χ1) is 6.19. The quantitative estimate of drug-likeness (QED) is 0.772. The lowest BCUT2D eigenvalue weighted by atomic mass is 10.2. The van der Waals surface area contributed by atoms with E-state index in [4.69, 9.17) is 0 Å². The highest BCUT2D eigenvalue weighted by atomic mass is 79.9. The molecule has 0 spiro atoms. The van der Waals surface area contributed by atoms with Crippen LogP contribution in [0, 0.1) is 0 Å². The Kier molecular flexibility index (Phi) is 3.71. The lowest BCUT2D eigenvalue weighted by Gasteiger charge is -2.05. The molecule has 0 atom stereocenters. The highest BCUT2D eigenvalue weighted by Crippen LogP contribution is 2.21. The van der Waals surface area contributed by atoms with Crippen LogP contribution in [-0.4, -0.2) is 9.97 Å². The molecule has 0 aliphatic rings. The van der Waals surface area contributed by atoms with Crippen LogP contribution in [0.25, 0.3) is 0 Å². The average molecular weight is 251 g/mol. The van der Waals surface area contributed by atoms with Crippen LogP contribution in [0.1, 0.15) is 30.4 Å². The Hall–Kier alpha value is -0.580. The maximum Gasteiger partial charge on any atom is 0.280 e. The van der Waals surface area contributed by atoms with E-state index < -0.39 is 6.43 Å². The number of aromatic nitrogens is 2. The van der Waals surface area contributed by atoms with E-state index in [-0.39, 0.29) is 5.69 Å². The Morgan fingerprint density at radius 2 is 2.23 bits per heavy atom. The van der Waals surface area contributed by atoms with Crippen LogP contribution >= 0.6 is 15.9 Å². The minimum atomic E-state index is -2.53. The van der Waals surface area contributed by atoms with Crippen molar-refractivity contribution in [2.75, 3.05) is 0 Å². The molecule has 72 valence electrons. The van der Waals surface area contributed by atoms with E-state index >= 15 is 0 Å². The summed E-state index contributed by atoms with van der Waals surface area (Å²) < 4.78 is 24.8. The van der Waals surface area contributed by atoms with Gasteiger partial charge in [0.2, 0.25) is 0 Å². The second-order valence-corrected chi connectivity index (χ2v) is 3.05. The molecule has 0 saturated carbocycles. The van der Waals surface area contributed by atoms with Gasteiger partial charge in [-0.1, -0.05) is 22.9 Å². The largest absolute Gasteiger partial charge is 0.280 e. The molecule has 0 aliphatic carbocycles. The van der Waals surface area contributed by atoms with Crippen molar-refractivity contribution in [3.05, 3.63) is 23.3 Å².